The molecule has 0 spiro atoms. The average Bonchev–Trinajstić information content (AvgIpc) is 2.97. The van der Waals surface area contributed by atoms with E-state index >= 15 is 0 Å². The van der Waals surface area contributed by atoms with E-state index < -0.39 is 12.1 Å². The van der Waals surface area contributed by atoms with Crippen molar-refractivity contribution in [1.82, 2.24) is 9.97 Å². The Bertz CT molecular complexity index is 705. The van der Waals surface area contributed by atoms with Crippen LogP contribution in [-0.4, -0.2) is 45.9 Å². The van der Waals surface area contributed by atoms with E-state index in [9.17, 15) is 9.90 Å². The molecule has 3 rings (SSSR count). The Balaban J connectivity index is 1.91. The molecule has 7 heteroatoms. The van der Waals surface area contributed by atoms with E-state index in [4.69, 9.17) is 9.84 Å². The standard InChI is InChI=1S/C16H17N3O4/c1-23-12-4-2-3-10(5-12)14-6-11(20)9-19(14)15-8-17-13(7-18-15)16(21)22/h2-5,7-8,11,14,20H,6,9H2,1H3,(H,21,22). The fourth-order valence-electron chi connectivity index (χ4n) is 2.81. The molecule has 1 fully saturated rings. The number of methoxy groups -OCH3 is 1. The summed E-state index contributed by atoms with van der Waals surface area (Å²) in [6.07, 6.45) is 2.74. The minimum absolute atomic E-state index is 0.0647. The zero-order chi connectivity index (χ0) is 16.4. The normalized spacial score (nSPS) is 20.5. The number of hydrogen-bond acceptors (Lipinski definition) is 6. The summed E-state index contributed by atoms with van der Waals surface area (Å²) in [7, 11) is 1.61. The van der Waals surface area contributed by atoms with Gasteiger partial charge in [-0.05, 0) is 24.1 Å². The van der Waals surface area contributed by atoms with Crippen LogP contribution in [0.15, 0.2) is 36.7 Å². The second-order valence-electron chi connectivity index (χ2n) is 5.40. The molecule has 0 radical (unpaired) electrons. The van der Waals surface area contributed by atoms with Gasteiger partial charge in [0.25, 0.3) is 0 Å². The molecule has 0 aliphatic carbocycles. The summed E-state index contributed by atoms with van der Waals surface area (Å²) in [6.45, 7) is 0.420. The molecule has 0 bridgehead atoms. The molecule has 23 heavy (non-hydrogen) atoms. The van der Waals surface area contributed by atoms with Gasteiger partial charge < -0.3 is 19.8 Å². The van der Waals surface area contributed by atoms with Gasteiger partial charge in [0.05, 0.1) is 31.6 Å². The Labute approximate surface area is 133 Å². The largest absolute Gasteiger partial charge is 0.497 e. The number of aromatic carboxylic acids is 1. The predicted molar refractivity (Wildman–Crippen MR) is 82.7 cm³/mol. The van der Waals surface area contributed by atoms with Crippen molar-refractivity contribution in [3.05, 3.63) is 47.9 Å². The SMILES string of the molecule is COc1cccc(C2CC(O)CN2c2cnc(C(=O)O)cn2)c1. The molecule has 1 aliphatic rings. The van der Waals surface area contributed by atoms with Gasteiger partial charge in [0.15, 0.2) is 5.69 Å². The average molecular weight is 315 g/mol. The highest BCUT2D eigenvalue weighted by molar-refractivity contribution is 5.84. The van der Waals surface area contributed by atoms with E-state index in [1.54, 1.807) is 7.11 Å². The Morgan fingerprint density at radius 2 is 2.17 bits per heavy atom. The van der Waals surface area contributed by atoms with E-state index in [0.717, 1.165) is 11.3 Å². The quantitative estimate of drug-likeness (QED) is 0.882. The van der Waals surface area contributed by atoms with Gasteiger partial charge in [0.1, 0.15) is 11.6 Å². The van der Waals surface area contributed by atoms with Crippen LogP contribution in [-0.2, 0) is 0 Å². The fourth-order valence-corrected chi connectivity index (χ4v) is 2.81. The Morgan fingerprint density at radius 1 is 1.35 bits per heavy atom. The lowest BCUT2D eigenvalue weighted by Gasteiger charge is -2.25. The monoisotopic (exact) mass is 315 g/mol. The van der Waals surface area contributed by atoms with Crippen molar-refractivity contribution in [3.63, 3.8) is 0 Å². The highest BCUT2D eigenvalue weighted by atomic mass is 16.5. The van der Waals surface area contributed by atoms with Crippen LogP contribution in [0.4, 0.5) is 5.82 Å². The van der Waals surface area contributed by atoms with Crippen LogP contribution < -0.4 is 9.64 Å². The summed E-state index contributed by atoms with van der Waals surface area (Å²) in [5.74, 6) is 0.172. The van der Waals surface area contributed by atoms with E-state index in [0.29, 0.717) is 18.8 Å². The maximum Gasteiger partial charge on any atom is 0.356 e. The number of rotatable bonds is 4. The van der Waals surface area contributed by atoms with Crippen LogP contribution in [0.3, 0.4) is 0 Å². The van der Waals surface area contributed by atoms with Gasteiger partial charge in [-0.2, -0.15) is 0 Å². The second kappa shape index (κ2) is 6.21. The highest BCUT2D eigenvalue weighted by Gasteiger charge is 2.33. The molecule has 7 nitrogen and oxygen atoms in total. The third kappa shape index (κ3) is 3.09. The molecule has 0 amide bonds. The van der Waals surface area contributed by atoms with E-state index in [2.05, 4.69) is 9.97 Å². The molecule has 2 N–H and O–H groups in total. The third-order valence-corrected chi connectivity index (χ3v) is 3.91. The van der Waals surface area contributed by atoms with Crippen molar-refractivity contribution in [2.24, 2.45) is 0 Å². The maximum absolute atomic E-state index is 10.9. The lowest BCUT2D eigenvalue weighted by Crippen LogP contribution is -2.25. The van der Waals surface area contributed by atoms with Crippen LogP contribution in [0, 0.1) is 0 Å². The zero-order valence-corrected chi connectivity index (χ0v) is 12.6. The molecular weight excluding hydrogens is 298 g/mol. The van der Waals surface area contributed by atoms with E-state index in [1.165, 1.54) is 12.4 Å². The van der Waals surface area contributed by atoms with Crippen molar-refractivity contribution in [3.8, 4) is 5.75 Å². The summed E-state index contributed by atoms with van der Waals surface area (Å²) < 4.78 is 5.25. The van der Waals surface area contributed by atoms with Crippen molar-refractivity contribution >= 4 is 11.8 Å². The van der Waals surface area contributed by atoms with E-state index in [-0.39, 0.29) is 11.7 Å². The topological polar surface area (TPSA) is 95.8 Å². The summed E-state index contributed by atoms with van der Waals surface area (Å²) in [5.41, 5.74) is 0.899. The summed E-state index contributed by atoms with van der Waals surface area (Å²) in [6, 6.07) is 7.59. The highest BCUT2D eigenvalue weighted by Crippen LogP contribution is 2.36. The van der Waals surface area contributed by atoms with Crippen LogP contribution in [0.5, 0.6) is 5.75 Å². The van der Waals surface area contributed by atoms with Gasteiger partial charge in [0.2, 0.25) is 0 Å². The lowest BCUT2D eigenvalue weighted by molar-refractivity contribution is 0.0690. The first-order valence-corrected chi connectivity index (χ1v) is 7.22. The molecular formula is C16H17N3O4. The molecule has 2 unspecified atom stereocenters. The van der Waals surface area contributed by atoms with Crippen molar-refractivity contribution in [1.29, 1.82) is 0 Å². The Morgan fingerprint density at radius 3 is 2.83 bits per heavy atom. The second-order valence-corrected chi connectivity index (χ2v) is 5.40. The summed E-state index contributed by atoms with van der Waals surface area (Å²) in [4.78, 5) is 20.9. The van der Waals surface area contributed by atoms with Crippen LogP contribution in [0.1, 0.15) is 28.5 Å². The number of carbonyl (C=O) groups is 1. The van der Waals surface area contributed by atoms with Crippen molar-refractivity contribution in [2.75, 3.05) is 18.6 Å². The molecule has 2 heterocycles. The summed E-state index contributed by atoms with van der Waals surface area (Å²) >= 11 is 0. The number of aliphatic hydroxyl groups is 1. The number of aromatic nitrogens is 2. The van der Waals surface area contributed by atoms with Gasteiger partial charge in [0, 0.05) is 6.54 Å². The maximum atomic E-state index is 10.9. The number of anilines is 1. The first-order valence-electron chi connectivity index (χ1n) is 7.22. The van der Waals surface area contributed by atoms with Crippen LogP contribution >= 0.6 is 0 Å². The summed E-state index contributed by atoms with van der Waals surface area (Å²) in [5, 5.41) is 18.9. The minimum atomic E-state index is -1.12. The van der Waals surface area contributed by atoms with Gasteiger partial charge in [-0.25, -0.2) is 14.8 Å². The number of β-amino-alcohol motifs (C(OH)–C–C–N with tert-alkyl or cyclic N) is 1. The van der Waals surface area contributed by atoms with Gasteiger partial charge >= 0.3 is 5.97 Å². The molecule has 2 atom stereocenters. The predicted octanol–water partition coefficient (Wildman–Crippen LogP) is 1.50. The van der Waals surface area contributed by atoms with Gasteiger partial charge in [-0.3, -0.25) is 0 Å². The number of carboxylic acid groups (broad SMARTS) is 1. The molecule has 1 saturated heterocycles. The first-order chi connectivity index (χ1) is 11.1. The van der Waals surface area contributed by atoms with Gasteiger partial charge in [-0.15, -0.1) is 0 Å². The number of hydrogen-bond donors (Lipinski definition) is 2. The molecule has 1 aromatic heterocycles. The zero-order valence-electron chi connectivity index (χ0n) is 12.6. The Hall–Kier alpha value is -2.67. The fraction of sp³-hybridized carbons (Fsp3) is 0.312. The number of nitrogens with zero attached hydrogens (tertiary/aromatic N) is 3. The molecule has 0 saturated carbocycles. The molecule has 120 valence electrons. The van der Waals surface area contributed by atoms with Crippen molar-refractivity contribution in [2.45, 2.75) is 18.6 Å². The number of ether oxygens (including phenoxy) is 1. The number of benzene rings is 1. The van der Waals surface area contributed by atoms with Crippen LogP contribution in [0.25, 0.3) is 0 Å². The number of carboxylic acids is 1. The smallest absolute Gasteiger partial charge is 0.356 e. The molecule has 1 aliphatic heterocycles. The van der Waals surface area contributed by atoms with E-state index in [1.807, 2.05) is 29.2 Å². The first kappa shape index (κ1) is 15.2. The lowest BCUT2D eigenvalue weighted by atomic mass is 10.0. The number of aliphatic hydroxyl groups excluding tert-OH is 1. The third-order valence-electron chi connectivity index (χ3n) is 3.91. The Kier molecular flexibility index (Phi) is 4.12. The molecule has 2 aromatic rings. The van der Waals surface area contributed by atoms with Gasteiger partial charge in [-0.1, -0.05) is 12.1 Å². The molecule has 1 aromatic carbocycles. The van der Waals surface area contributed by atoms with Crippen LogP contribution in [0.2, 0.25) is 0 Å². The minimum Gasteiger partial charge on any atom is -0.497 e. The van der Waals surface area contributed by atoms with Crippen molar-refractivity contribution < 1.29 is 19.7 Å².